The standard InChI is InChI=1S/C18H26N4O3.ClH/c1-11(20-17(23)16-9-8-15(10-19)25-16)12-2-4-13(5-3-12)21-18(24)22-14-6-7-14;/h2-5,11,14-16H,6-10,19H2,1H3,(H,20,23)(H2,21,22,24);1H/t11?,15-,16+;/m1./s1. The van der Waals surface area contributed by atoms with E-state index in [0.717, 1.165) is 30.5 Å². The SMILES string of the molecule is CC(NC(=O)[C@@H]1CC[C@H](CN)O1)c1ccc(NC(=O)NC2CC2)cc1.Cl. The van der Waals surface area contributed by atoms with E-state index in [9.17, 15) is 9.59 Å². The number of hydrogen-bond donors (Lipinski definition) is 4. The second-order valence-corrected chi connectivity index (χ2v) is 6.78. The zero-order valence-electron chi connectivity index (χ0n) is 14.9. The molecule has 3 amide bonds. The van der Waals surface area contributed by atoms with Crippen LogP contribution >= 0.6 is 12.4 Å². The molecule has 7 nitrogen and oxygen atoms in total. The van der Waals surface area contributed by atoms with E-state index in [-0.39, 0.29) is 36.5 Å². The maximum atomic E-state index is 12.3. The molecule has 1 heterocycles. The lowest BCUT2D eigenvalue weighted by molar-refractivity contribution is -0.132. The first-order chi connectivity index (χ1) is 12.0. The van der Waals surface area contributed by atoms with Gasteiger partial charge < -0.3 is 26.4 Å². The van der Waals surface area contributed by atoms with Crippen LogP contribution < -0.4 is 21.7 Å². The Hall–Kier alpha value is -1.83. The fourth-order valence-electron chi connectivity index (χ4n) is 2.90. The van der Waals surface area contributed by atoms with Gasteiger partial charge in [0.25, 0.3) is 0 Å². The molecule has 1 saturated heterocycles. The summed E-state index contributed by atoms with van der Waals surface area (Å²) in [5.74, 6) is -0.102. The summed E-state index contributed by atoms with van der Waals surface area (Å²) < 4.78 is 5.62. The number of nitrogens with two attached hydrogens (primary N) is 1. The fraction of sp³-hybridized carbons (Fsp3) is 0.556. The maximum Gasteiger partial charge on any atom is 0.319 e. The first kappa shape index (κ1) is 20.5. The van der Waals surface area contributed by atoms with Gasteiger partial charge in [-0.15, -0.1) is 12.4 Å². The quantitative estimate of drug-likeness (QED) is 0.604. The van der Waals surface area contributed by atoms with Crippen molar-refractivity contribution < 1.29 is 14.3 Å². The van der Waals surface area contributed by atoms with E-state index >= 15 is 0 Å². The van der Waals surface area contributed by atoms with E-state index in [2.05, 4.69) is 16.0 Å². The number of nitrogens with one attached hydrogen (secondary N) is 3. The molecule has 5 N–H and O–H groups in total. The average molecular weight is 383 g/mol. The van der Waals surface area contributed by atoms with Crippen molar-refractivity contribution in [1.29, 1.82) is 0 Å². The number of hydrogen-bond acceptors (Lipinski definition) is 4. The van der Waals surface area contributed by atoms with E-state index in [0.29, 0.717) is 19.0 Å². The van der Waals surface area contributed by atoms with Gasteiger partial charge in [0.05, 0.1) is 12.1 Å². The van der Waals surface area contributed by atoms with Crippen molar-refractivity contribution in [3.63, 3.8) is 0 Å². The molecular weight excluding hydrogens is 356 g/mol. The summed E-state index contributed by atoms with van der Waals surface area (Å²) in [4.78, 5) is 24.0. The van der Waals surface area contributed by atoms with Crippen LogP contribution in [0.2, 0.25) is 0 Å². The Morgan fingerprint density at radius 2 is 1.88 bits per heavy atom. The van der Waals surface area contributed by atoms with E-state index < -0.39 is 6.10 Å². The second kappa shape index (κ2) is 9.21. The normalized spacial score (nSPS) is 22.8. The van der Waals surface area contributed by atoms with Crippen molar-refractivity contribution in [3.8, 4) is 0 Å². The van der Waals surface area contributed by atoms with Crippen LogP contribution in [-0.2, 0) is 9.53 Å². The minimum atomic E-state index is -0.414. The number of carbonyl (C=O) groups excluding carboxylic acids is 2. The zero-order chi connectivity index (χ0) is 17.8. The van der Waals surface area contributed by atoms with Crippen LogP contribution in [-0.4, -0.2) is 36.7 Å². The van der Waals surface area contributed by atoms with Gasteiger partial charge in [-0.25, -0.2) is 4.79 Å². The lowest BCUT2D eigenvalue weighted by Gasteiger charge is -2.18. The van der Waals surface area contributed by atoms with E-state index in [1.165, 1.54) is 0 Å². The first-order valence-corrected chi connectivity index (χ1v) is 8.88. The molecule has 1 aromatic carbocycles. The lowest BCUT2D eigenvalue weighted by Crippen LogP contribution is -2.37. The van der Waals surface area contributed by atoms with E-state index in [1.54, 1.807) is 0 Å². The molecular formula is C18H27ClN4O3. The Morgan fingerprint density at radius 3 is 2.46 bits per heavy atom. The van der Waals surface area contributed by atoms with Crippen LogP contribution in [0, 0.1) is 0 Å². The molecule has 2 fully saturated rings. The van der Waals surface area contributed by atoms with Crippen molar-refractivity contribution in [2.45, 2.75) is 56.9 Å². The third-order valence-electron chi connectivity index (χ3n) is 4.60. The molecule has 1 saturated carbocycles. The minimum absolute atomic E-state index is 0. The molecule has 1 aliphatic carbocycles. The highest BCUT2D eigenvalue weighted by atomic mass is 35.5. The number of amides is 3. The van der Waals surface area contributed by atoms with Gasteiger partial charge in [0.1, 0.15) is 6.10 Å². The van der Waals surface area contributed by atoms with Crippen LogP contribution in [0.5, 0.6) is 0 Å². The highest BCUT2D eigenvalue weighted by molar-refractivity contribution is 5.89. The summed E-state index contributed by atoms with van der Waals surface area (Å²) in [5.41, 5.74) is 7.27. The van der Waals surface area contributed by atoms with Gasteiger partial charge in [-0.3, -0.25) is 4.79 Å². The van der Waals surface area contributed by atoms with Crippen LogP contribution in [0.3, 0.4) is 0 Å². The summed E-state index contributed by atoms with van der Waals surface area (Å²) in [7, 11) is 0. The van der Waals surface area contributed by atoms with E-state index in [1.807, 2.05) is 31.2 Å². The van der Waals surface area contributed by atoms with Crippen LogP contribution in [0.25, 0.3) is 0 Å². The number of benzene rings is 1. The Bertz CT molecular complexity index is 621. The fourth-order valence-corrected chi connectivity index (χ4v) is 2.90. The smallest absolute Gasteiger partial charge is 0.319 e. The molecule has 1 unspecified atom stereocenters. The third kappa shape index (κ3) is 5.59. The highest BCUT2D eigenvalue weighted by Gasteiger charge is 2.30. The molecule has 144 valence electrons. The molecule has 3 rings (SSSR count). The van der Waals surface area contributed by atoms with Crippen molar-refractivity contribution in [2.24, 2.45) is 5.73 Å². The van der Waals surface area contributed by atoms with Gasteiger partial charge in [-0.05, 0) is 50.3 Å². The van der Waals surface area contributed by atoms with Gasteiger partial charge in [-0.2, -0.15) is 0 Å². The molecule has 0 spiro atoms. The Morgan fingerprint density at radius 1 is 1.19 bits per heavy atom. The van der Waals surface area contributed by atoms with Crippen LogP contribution in [0.4, 0.5) is 10.5 Å². The number of ether oxygens (including phenoxy) is 1. The summed E-state index contributed by atoms with van der Waals surface area (Å²) >= 11 is 0. The van der Waals surface area contributed by atoms with Gasteiger partial charge in [0, 0.05) is 18.3 Å². The predicted octanol–water partition coefficient (Wildman–Crippen LogP) is 2.08. The largest absolute Gasteiger partial charge is 0.364 e. The Labute approximate surface area is 159 Å². The molecule has 3 atom stereocenters. The minimum Gasteiger partial charge on any atom is -0.364 e. The first-order valence-electron chi connectivity index (χ1n) is 8.88. The molecule has 0 radical (unpaired) electrons. The molecule has 1 aromatic rings. The Kier molecular flexibility index (Phi) is 7.25. The summed E-state index contributed by atoms with van der Waals surface area (Å²) in [5, 5.41) is 8.66. The number of carbonyl (C=O) groups is 2. The topological polar surface area (TPSA) is 105 Å². The van der Waals surface area contributed by atoms with Crippen LogP contribution in [0.15, 0.2) is 24.3 Å². The van der Waals surface area contributed by atoms with Crippen molar-refractivity contribution in [3.05, 3.63) is 29.8 Å². The number of halogens is 1. The van der Waals surface area contributed by atoms with Crippen molar-refractivity contribution in [1.82, 2.24) is 10.6 Å². The molecule has 8 heteroatoms. The maximum absolute atomic E-state index is 12.3. The van der Waals surface area contributed by atoms with Gasteiger partial charge >= 0.3 is 6.03 Å². The number of urea groups is 1. The monoisotopic (exact) mass is 382 g/mol. The molecule has 0 bridgehead atoms. The predicted molar refractivity (Wildman–Crippen MR) is 102 cm³/mol. The van der Waals surface area contributed by atoms with Gasteiger partial charge in [0.15, 0.2) is 0 Å². The Balaban J connectivity index is 0.00000243. The van der Waals surface area contributed by atoms with Crippen molar-refractivity contribution >= 4 is 30.0 Å². The second-order valence-electron chi connectivity index (χ2n) is 6.78. The third-order valence-corrected chi connectivity index (χ3v) is 4.60. The lowest BCUT2D eigenvalue weighted by atomic mass is 10.1. The van der Waals surface area contributed by atoms with Gasteiger partial charge in [0.2, 0.25) is 5.91 Å². The summed E-state index contributed by atoms with van der Waals surface area (Å²) in [6.45, 7) is 2.37. The molecule has 26 heavy (non-hydrogen) atoms. The molecule has 0 aromatic heterocycles. The van der Waals surface area contributed by atoms with Crippen LogP contribution in [0.1, 0.15) is 44.2 Å². The summed E-state index contributed by atoms with van der Waals surface area (Å²) in [6, 6.07) is 7.48. The average Bonchev–Trinajstić information content (AvgIpc) is 3.27. The number of anilines is 1. The molecule has 1 aliphatic heterocycles. The number of rotatable bonds is 6. The van der Waals surface area contributed by atoms with E-state index in [4.69, 9.17) is 10.5 Å². The summed E-state index contributed by atoms with van der Waals surface area (Å²) in [6.07, 6.45) is 3.22. The zero-order valence-corrected chi connectivity index (χ0v) is 15.7. The van der Waals surface area contributed by atoms with Crippen molar-refractivity contribution in [2.75, 3.05) is 11.9 Å². The highest BCUT2D eigenvalue weighted by Crippen LogP contribution is 2.22. The molecule has 2 aliphatic rings. The van der Waals surface area contributed by atoms with Gasteiger partial charge in [-0.1, -0.05) is 12.1 Å².